The highest BCUT2D eigenvalue weighted by atomic mass is 32.3. The van der Waals surface area contributed by atoms with Crippen LogP contribution in [0.5, 0.6) is 5.75 Å². The molecule has 0 aliphatic carbocycles. The molecule has 20 heteroatoms. The van der Waals surface area contributed by atoms with Crippen molar-refractivity contribution in [1.82, 2.24) is 25.4 Å². The van der Waals surface area contributed by atoms with Crippen LogP contribution in [-0.2, 0) is 41.0 Å². The molecular formula is C25H30N8O10S2. The van der Waals surface area contributed by atoms with E-state index in [0.717, 1.165) is 41.8 Å². The maximum Gasteiger partial charge on any atom is 0.351 e. The topological polar surface area (TPSA) is 244 Å². The molecule has 5 rings (SSSR count). The number of nitrogen functional groups attached to an aromatic ring is 1. The maximum absolute atomic E-state index is 13.2. The molecule has 3 aromatic rings. The zero-order chi connectivity index (χ0) is 32.7. The number of ether oxygens (including phenoxy) is 1. The second-order valence-electron chi connectivity index (χ2n) is 10.8. The minimum absolute atomic E-state index is 0.0608. The van der Waals surface area contributed by atoms with Gasteiger partial charge < -0.3 is 35.6 Å². The van der Waals surface area contributed by atoms with Gasteiger partial charge in [-0.25, -0.2) is 18.2 Å². The molecule has 2 fully saturated rings. The van der Waals surface area contributed by atoms with Gasteiger partial charge in [0.25, 0.3) is 17.9 Å². The third kappa shape index (κ3) is 6.68. The molecule has 2 unspecified atom stereocenters. The van der Waals surface area contributed by atoms with Crippen LogP contribution in [0.4, 0.5) is 5.13 Å². The van der Waals surface area contributed by atoms with Crippen molar-refractivity contribution in [3.63, 3.8) is 0 Å². The third-order valence-corrected chi connectivity index (χ3v) is 8.43. The summed E-state index contributed by atoms with van der Waals surface area (Å²) in [4.78, 5) is 46.9. The number of nitrogens with two attached hydrogens (primary N) is 1. The van der Waals surface area contributed by atoms with E-state index in [-0.39, 0.29) is 10.8 Å². The van der Waals surface area contributed by atoms with E-state index in [2.05, 4.69) is 29.7 Å². The number of rotatable bonds is 12. The van der Waals surface area contributed by atoms with Crippen molar-refractivity contribution in [2.45, 2.75) is 44.0 Å². The molecule has 0 bridgehead atoms. The molecule has 0 radical (unpaired) electrons. The lowest BCUT2D eigenvalue weighted by Gasteiger charge is -2.51. The summed E-state index contributed by atoms with van der Waals surface area (Å²) in [6.07, 6.45) is 1.33. The zero-order valence-corrected chi connectivity index (χ0v) is 25.8. The van der Waals surface area contributed by atoms with Crippen LogP contribution in [0.2, 0.25) is 0 Å². The quantitative estimate of drug-likeness (QED) is 0.0443. The fourth-order valence-electron chi connectivity index (χ4n) is 5.04. The number of oxime groups is 1. The lowest BCUT2D eigenvalue weighted by atomic mass is 9.84. The Hall–Kier alpha value is -4.37. The first-order valence-corrected chi connectivity index (χ1v) is 15.7. The van der Waals surface area contributed by atoms with Crippen LogP contribution >= 0.6 is 11.3 Å². The molecular weight excluding hydrogens is 636 g/mol. The molecule has 2 aliphatic rings. The summed E-state index contributed by atoms with van der Waals surface area (Å²) < 4.78 is 47.0. The van der Waals surface area contributed by atoms with Gasteiger partial charge in [-0.2, -0.15) is 14.0 Å². The third-order valence-electron chi connectivity index (χ3n) is 7.42. The number of carbonyl (C=O) groups excluding carboxylic acids is 2. The van der Waals surface area contributed by atoms with Crippen LogP contribution in [0.1, 0.15) is 32.0 Å². The summed E-state index contributed by atoms with van der Waals surface area (Å²) in [5.74, 6) is -3.11. The summed E-state index contributed by atoms with van der Waals surface area (Å²) in [6, 6.07) is 4.29. The van der Waals surface area contributed by atoms with Crippen LogP contribution in [-0.4, -0.2) is 93.7 Å². The molecule has 1 aromatic carbocycles. The van der Waals surface area contributed by atoms with E-state index >= 15 is 0 Å². The van der Waals surface area contributed by atoms with E-state index in [1.54, 1.807) is 12.1 Å². The molecule has 2 saturated heterocycles. The summed E-state index contributed by atoms with van der Waals surface area (Å²) in [7, 11) is -3.30. The highest BCUT2D eigenvalue weighted by Crippen LogP contribution is 2.33. The van der Waals surface area contributed by atoms with E-state index in [4.69, 9.17) is 15.3 Å². The van der Waals surface area contributed by atoms with Crippen LogP contribution in [0.3, 0.4) is 0 Å². The number of aryl methyl sites for hydroxylation is 1. The Labute approximate surface area is 260 Å². The molecule has 0 spiro atoms. The number of carbonyl (C=O) groups is 3. The number of carboxylic acid groups (broad SMARTS) is 1. The van der Waals surface area contributed by atoms with Crippen LogP contribution in [0.25, 0.3) is 10.9 Å². The smallest absolute Gasteiger partial charge is 0.351 e. The van der Waals surface area contributed by atoms with E-state index in [1.807, 2.05) is 24.0 Å². The minimum atomic E-state index is -5.26. The van der Waals surface area contributed by atoms with Gasteiger partial charge in [0.05, 0.1) is 17.1 Å². The van der Waals surface area contributed by atoms with Gasteiger partial charge in [0.15, 0.2) is 17.9 Å². The van der Waals surface area contributed by atoms with Crippen molar-refractivity contribution < 1.29 is 51.0 Å². The monoisotopic (exact) mass is 666 g/mol. The van der Waals surface area contributed by atoms with Crippen molar-refractivity contribution in [2.75, 3.05) is 25.4 Å². The van der Waals surface area contributed by atoms with Gasteiger partial charge >= 0.3 is 5.97 Å². The van der Waals surface area contributed by atoms with Gasteiger partial charge in [0.2, 0.25) is 15.9 Å². The fraction of sp³-hybridized carbons (Fsp3) is 0.440. The van der Waals surface area contributed by atoms with E-state index in [1.165, 1.54) is 19.2 Å². The van der Waals surface area contributed by atoms with Crippen LogP contribution in [0, 0.1) is 0 Å². The summed E-state index contributed by atoms with van der Waals surface area (Å²) in [5.41, 5.74) is 4.59. The number of hydroxylamine groups is 2. The number of aliphatic carboxylic acids is 1. The van der Waals surface area contributed by atoms with Gasteiger partial charge in [-0.15, -0.1) is 16.0 Å². The molecule has 18 nitrogen and oxygen atoms in total. The number of nitrogens with zero attached hydrogens (tertiary/aromatic N) is 5. The summed E-state index contributed by atoms with van der Waals surface area (Å²) in [5, 5.41) is 21.8. The number of anilines is 1. The van der Waals surface area contributed by atoms with Crippen molar-refractivity contribution in [1.29, 1.82) is 0 Å². The normalized spacial score (nSPS) is 20.6. The van der Waals surface area contributed by atoms with Crippen molar-refractivity contribution >= 4 is 61.3 Å². The van der Waals surface area contributed by atoms with Crippen LogP contribution in [0.15, 0.2) is 34.9 Å². The zero-order valence-electron chi connectivity index (χ0n) is 24.2. The van der Waals surface area contributed by atoms with Crippen molar-refractivity contribution in [3.8, 4) is 5.75 Å². The Morgan fingerprint density at radius 2 is 2.16 bits per heavy atom. The fourth-order valence-corrected chi connectivity index (χ4v) is 6.04. The summed E-state index contributed by atoms with van der Waals surface area (Å²) >= 11 is 0.961. The number of hydrogen-bond donors (Lipinski definition) is 4. The summed E-state index contributed by atoms with van der Waals surface area (Å²) in [6.45, 7) is 3.99. The van der Waals surface area contributed by atoms with E-state index in [9.17, 15) is 32.5 Å². The first-order valence-electron chi connectivity index (χ1n) is 13.5. The molecule has 3 atom stereocenters. The lowest BCUT2D eigenvalue weighted by molar-refractivity contribution is -0.733. The largest absolute Gasteiger partial charge is 0.724 e. The molecule has 242 valence electrons. The van der Waals surface area contributed by atoms with Gasteiger partial charge in [-0.05, 0) is 38.9 Å². The SMILES string of the molecule is C[n+]1c2ccc(OC[C@H](O/N=C(\C(=O)NC3C(=O)N(OS(=O)(=O)[O-])C3(C)C)c3csc(N)n3)C(=O)O)cc2cn1C1CCNC1. The highest BCUT2D eigenvalue weighted by Gasteiger charge is 2.57. The van der Waals surface area contributed by atoms with Gasteiger partial charge in [0, 0.05) is 18.0 Å². The predicted octanol–water partition coefficient (Wildman–Crippen LogP) is -1.21. The second-order valence-corrected chi connectivity index (χ2v) is 12.7. The van der Waals surface area contributed by atoms with E-state index in [0.29, 0.717) is 16.9 Å². The Kier molecular flexibility index (Phi) is 8.68. The lowest BCUT2D eigenvalue weighted by Crippen LogP contribution is -2.76. The predicted molar refractivity (Wildman–Crippen MR) is 154 cm³/mol. The van der Waals surface area contributed by atoms with Gasteiger partial charge in [-0.1, -0.05) is 5.16 Å². The molecule has 5 N–H and O–H groups in total. The average molecular weight is 667 g/mol. The molecule has 2 aromatic heterocycles. The number of fused-ring (bicyclic) bond motifs is 1. The first kappa shape index (κ1) is 32.0. The number of carboxylic acids is 1. The first-order chi connectivity index (χ1) is 21.2. The molecule has 0 saturated carbocycles. The Morgan fingerprint density at radius 1 is 1.40 bits per heavy atom. The Balaban J connectivity index is 1.30. The maximum atomic E-state index is 13.2. The second kappa shape index (κ2) is 12.2. The highest BCUT2D eigenvalue weighted by molar-refractivity contribution is 7.80. The Bertz CT molecular complexity index is 1780. The molecule has 45 heavy (non-hydrogen) atoms. The number of nitrogens with one attached hydrogen (secondary N) is 2. The average Bonchev–Trinajstić information content (AvgIpc) is 3.72. The molecule has 4 heterocycles. The van der Waals surface area contributed by atoms with Crippen LogP contribution < -0.4 is 25.8 Å². The number of benzene rings is 1. The number of amides is 2. The minimum Gasteiger partial charge on any atom is -0.724 e. The Morgan fingerprint density at radius 3 is 2.76 bits per heavy atom. The molecule has 2 aliphatic heterocycles. The van der Waals surface area contributed by atoms with Crippen molar-refractivity contribution in [3.05, 3.63) is 35.5 Å². The number of aromatic nitrogens is 3. The van der Waals surface area contributed by atoms with Gasteiger partial charge in [0.1, 0.15) is 30.1 Å². The number of β-lactam (4-membered cyclic amide) rings is 1. The standard InChI is InChI=1S/C25H30N8O10S2/c1-25(2)20(22(35)33(25)43-45(38,39)40)29-21(34)19(16-12-44-24(26)28-16)30-42-18(23(36)37)11-41-15-4-5-17-13(8-15)10-32(31(17)3)14-6-7-27-9-14/h4-5,8,10,12,14,18,20,27H,6-7,9,11H2,1-3H3,(H4-,26,28,29,34,36,37,38,39,40)/b30-19-/t14?,18-,20?/m0/s1. The van der Waals surface area contributed by atoms with Crippen molar-refractivity contribution in [2.24, 2.45) is 12.2 Å². The van der Waals surface area contributed by atoms with Gasteiger partial charge in [-0.3, -0.25) is 9.59 Å². The van der Waals surface area contributed by atoms with E-state index < -0.39 is 58.2 Å². The number of hydrogen-bond acceptors (Lipinski definition) is 14. The number of thiazole rings is 1. The molecule has 2 amide bonds.